The van der Waals surface area contributed by atoms with Crippen molar-refractivity contribution in [2.24, 2.45) is 5.10 Å². The second-order valence-corrected chi connectivity index (χ2v) is 8.77. The summed E-state index contributed by atoms with van der Waals surface area (Å²) in [6.07, 6.45) is 0.843. The van der Waals surface area contributed by atoms with Crippen molar-refractivity contribution in [2.45, 2.75) is 12.8 Å². The van der Waals surface area contributed by atoms with Crippen molar-refractivity contribution >= 4 is 50.7 Å². The van der Waals surface area contributed by atoms with Gasteiger partial charge in [-0.05, 0) is 66.6 Å². The number of benzene rings is 3. The van der Waals surface area contributed by atoms with Crippen LogP contribution >= 0.6 is 15.9 Å². The van der Waals surface area contributed by atoms with Crippen LogP contribution in [0, 0.1) is 0 Å². The summed E-state index contributed by atoms with van der Waals surface area (Å²) in [6, 6.07) is 17.3. The Morgan fingerprint density at radius 2 is 1.80 bits per heavy atom. The number of halogens is 1. The number of anilines is 2. The molecule has 3 aromatic rings. The van der Waals surface area contributed by atoms with Gasteiger partial charge in [0, 0.05) is 27.7 Å². The second-order valence-electron chi connectivity index (χ2n) is 7.86. The summed E-state index contributed by atoms with van der Waals surface area (Å²) in [5.74, 6) is 0.376. The lowest BCUT2D eigenvalue weighted by Crippen LogP contribution is -2.23. The summed E-state index contributed by atoms with van der Waals surface area (Å²) in [5, 5.41) is 9.53. The molecule has 0 saturated carbocycles. The molecule has 35 heavy (non-hydrogen) atoms. The Morgan fingerprint density at radius 3 is 2.63 bits per heavy atom. The van der Waals surface area contributed by atoms with Gasteiger partial charge in [-0.25, -0.2) is 5.43 Å². The van der Waals surface area contributed by atoms with Gasteiger partial charge in [0.1, 0.15) is 0 Å². The van der Waals surface area contributed by atoms with E-state index in [0.29, 0.717) is 46.8 Å². The van der Waals surface area contributed by atoms with E-state index in [1.165, 1.54) is 0 Å². The molecule has 0 spiro atoms. The molecule has 3 amide bonds. The van der Waals surface area contributed by atoms with Crippen LogP contribution in [0.5, 0.6) is 11.5 Å². The van der Waals surface area contributed by atoms with E-state index in [-0.39, 0.29) is 18.4 Å². The minimum Gasteiger partial charge on any atom is -0.454 e. The SMILES string of the molecule is O=C(CCc1ccc2c(c1)OCO2)Nc1ccc(C(=O)N/N=C2\C(=O)Nc3ccc(Br)cc32)cc1. The maximum atomic E-state index is 12.5. The largest absolute Gasteiger partial charge is 0.454 e. The van der Waals surface area contributed by atoms with Crippen LogP contribution in [-0.2, 0) is 16.0 Å². The summed E-state index contributed by atoms with van der Waals surface area (Å²) < 4.78 is 11.4. The Labute approximate surface area is 208 Å². The van der Waals surface area contributed by atoms with E-state index < -0.39 is 11.8 Å². The molecule has 9 nitrogen and oxygen atoms in total. The average molecular weight is 535 g/mol. The summed E-state index contributed by atoms with van der Waals surface area (Å²) in [7, 11) is 0. The fourth-order valence-electron chi connectivity index (χ4n) is 3.69. The van der Waals surface area contributed by atoms with Crippen molar-refractivity contribution in [1.29, 1.82) is 0 Å². The van der Waals surface area contributed by atoms with Crippen LogP contribution in [-0.4, -0.2) is 30.2 Å². The third-order valence-corrected chi connectivity index (χ3v) is 5.97. The van der Waals surface area contributed by atoms with Crippen molar-refractivity contribution in [1.82, 2.24) is 5.43 Å². The number of aryl methyl sites for hydroxylation is 1. The third kappa shape index (κ3) is 5.02. The van der Waals surface area contributed by atoms with Crippen molar-refractivity contribution in [2.75, 3.05) is 17.4 Å². The van der Waals surface area contributed by atoms with Gasteiger partial charge in [0.15, 0.2) is 17.2 Å². The topological polar surface area (TPSA) is 118 Å². The van der Waals surface area contributed by atoms with Gasteiger partial charge in [0.2, 0.25) is 12.7 Å². The number of ether oxygens (including phenoxy) is 2. The lowest BCUT2D eigenvalue weighted by Gasteiger charge is -2.07. The number of hydrogen-bond donors (Lipinski definition) is 3. The molecule has 0 unspecified atom stereocenters. The van der Waals surface area contributed by atoms with Gasteiger partial charge in [-0.2, -0.15) is 5.10 Å². The zero-order valence-corrected chi connectivity index (χ0v) is 19.8. The summed E-state index contributed by atoms with van der Waals surface area (Å²) in [4.78, 5) is 37.0. The maximum Gasteiger partial charge on any atom is 0.276 e. The van der Waals surface area contributed by atoms with E-state index >= 15 is 0 Å². The molecule has 3 aromatic carbocycles. The second kappa shape index (κ2) is 9.59. The highest BCUT2D eigenvalue weighted by Crippen LogP contribution is 2.32. The van der Waals surface area contributed by atoms with Crippen LogP contribution in [0.2, 0.25) is 0 Å². The highest BCUT2D eigenvalue weighted by Gasteiger charge is 2.26. The first-order valence-electron chi connectivity index (χ1n) is 10.7. The molecule has 10 heteroatoms. The Hall–Kier alpha value is -4.18. The van der Waals surface area contributed by atoms with Crippen LogP contribution < -0.4 is 25.5 Å². The first-order chi connectivity index (χ1) is 17.0. The molecular formula is C25H19BrN4O5. The monoisotopic (exact) mass is 534 g/mol. The molecule has 0 radical (unpaired) electrons. The minimum atomic E-state index is -0.477. The predicted octanol–water partition coefficient (Wildman–Crippen LogP) is 3.84. The molecule has 3 N–H and O–H groups in total. The number of nitrogens with one attached hydrogen (secondary N) is 3. The summed E-state index contributed by atoms with van der Waals surface area (Å²) in [6.45, 7) is 0.210. The zero-order valence-electron chi connectivity index (χ0n) is 18.3. The van der Waals surface area contributed by atoms with Gasteiger partial charge >= 0.3 is 0 Å². The maximum absolute atomic E-state index is 12.5. The number of fused-ring (bicyclic) bond motifs is 2. The van der Waals surface area contributed by atoms with E-state index in [1.807, 2.05) is 18.2 Å². The van der Waals surface area contributed by atoms with Gasteiger partial charge in [0.05, 0.1) is 5.69 Å². The summed E-state index contributed by atoms with van der Waals surface area (Å²) in [5.41, 5.74) is 5.65. The van der Waals surface area contributed by atoms with Crippen LogP contribution in [0.4, 0.5) is 11.4 Å². The van der Waals surface area contributed by atoms with Crippen LogP contribution in [0.3, 0.4) is 0 Å². The van der Waals surface area contributed by atoms with Crippen molar-refractivity contribution < 1.29 is 23.9 Å². The normalized spacial score (nSPS) is 14.4. The molecule has 176 valence electrons. The molecule has 0 aliphatic carbocycles. The van der Waals surface area contributed by atoms with Gasteiger partial charge < -0.3 is 20.1 Å². The predicted molar refractivity (Wildman–Crippen MR) is 133 cm³/mol. The van der Waals surface area contributed by atoms with Crippen LogP contribution in [0.1, 0.15) is 27.9 Å². The average Bonchev–Trinajstić information content (AvgIpc) is 3.44. The van der Waals surface area contributed by atoms with Gasteiger partial charge in [0.25, 0.3) is 11.8 Å². The smallest absolute Gasteiger partial charge is 0.276 e. The highest BCUT2D eigenvalue weighted by molar-refractivity contribution is 9.10. The molecule has 2 heterocycles. The third-order valence-electron chi connectivity index (χ3n) is 5.48. The van der Waals surface area contributed by atoms with Crippen molar-refractivity contribution in [3.8, 4) is 11.5 Å². The van der Waals surface area contributed by atoms with Gasteiger partial charge in [-0.15, -0.1) is 0 Å². The van der Waals surface area contributed by atoms with Gasteiger partial charge in [-0.1, -0.05) is 22.0 Å². The molecule has 0 aromatic heterocycles. The summed E-state index contributed by atoms with van der Waals surface area (Å²) >= 11 is 3.36. The molecule has 2 aliphatic rings. The minimum absolute atomic E-state index is 0.126. The Balaban J connectivity index is 1.16. The van der Waals surface area contributed by atoms with Crippen molar-refractivity contribution in [3.63, 3.8) is 0 Å². The van der Waals surface area contributed by atoms with Gasteiger partial charge in [-0.3, -0.25) is 14.4 Å². The fraction of sp³-hybridized carbons (Fsp3) is 0.120. The molecule has 0 fully saturated rings. The molecule has 2 aliphatic heterocycles. The number of nitrogens with zero attached hydrogens (tertiary/aromatic N) is 1. The van der Waals surface area contributed by atoms with E-state index in [0.717, 1.165) is 10.0 Å². The lowest BCUT2D eigenvalue weighted by molar-refractivity contribution is -0.116. The van der Waals surface area contributed by atoms with Crippen LogP contribution in [0.25, 0.3) is 0 Å². The Morgan fingerprint density at radius 1 is 1.00 bits per heavy atom. The van der Waals surface area contributed by atoms with Crippen molar-refractivity contribution in [3.05, 3.63) is 81.8 Å². The number of amides is 3. The first-order valence-corrected chi connectivity index (χ1v) is 11.5. The Bertz CT molecular complexity index is 1370. The quantitative estimate of drug-likeness (QED) is 0.415. The molecule has 5 rings (SSSR count). The fourth-order valence-corrected chi connectivity index (χ4v) is 4.05. The molecule has 0 atom stereocenters. The number of rotatable bonds is 6. The molecule has 0 bridgehead atoms. The molecular weight excluding hydrogens is 516 g/mol. The number of carbonyl (C=O) groups is 3. The standard InChI is InChI=1S/C25H19BrN4O5/c26-16-5-8-19-18(12-16)23(25(33)28-19)29-30-24(32)15-3-6-17(7-4-15)27-22(31)10-2-14-1-9-20-21(11-14)35-13-34-20/h1,3-9,11-12H,2,10,13H2,(H,27,31)(H,30,32)(H,28,29,33). The van der Waals surface area contributed by atoms with E-state index in [4.69, 9.17) is 9.47 Å². The Kier molecular flexibility index (Phi) is 6.19. The van der Waals surface area contributed by atoms with E-state index in [1.54, 1.807) is 42.5 Å². The molecule has 0 saturated heterocycles. The first kappa shape index (κ1) is 22.6. The van der Waals surface area contributed by atoms with Crippen LogP contribution in [0.15, 0.2) is 70.2 Å². The van der Waals surface area contributed by atoms with E-state index in [2.05, 4.69) is 37.1 Å². The zero-order chi connectivity index (χ0) is 24.4. The lowest BCUT2D eigenvalue weighted by atomic mass is 10.1. The number of hydrazone groups is 1. The number of carbonyl (C=O) groups excluding carboxylic acids is 3. The van der Waals surface area contributed by atoms with E-state index in [9.17, 15) is 14.4 Å². The highest BCUT2D eigenvalue weighted by atomic mass is 79.9. The number of hydrogen-bond acceptors (Lipinski definition) is 6.